The number of hydrogen-bond donors (Lipinski definition) is 2. The number of hydrogen-bond acceptors (Lipinski definition) is 2. The summed E-state index contributed by atoms with van der Waals surface area (Å²) >= 11 is 0. The zero-order valence-corrected chi connectivity index (χ0v) is 12.6. The minimum absolute atomic E-state index is 0.0567. The predicted molar refractivity (Wildman–Crippen MR) is 81.5 cm³/mol. The molecule has 21 heavy (non-hydrogen) atoms. The molecule has 0 spiro atoms. The molecular formula is C16H22N2O3. The Bertz CT molecular complexity index is 522. The third kappa shape index (κ3) is 4.48. The molecule has 0 aromatic heterocycles. The first-order chi connectivity index (χ1) is 9.94. The van der Waals surface area contributed by atoms with Crippen LogP contribution < -0.4 is 5.32 Å². The van der Waals surface area contributed by atoms with E-state index in [0.717, 1.165) is 29.7 Å². The second-order valence-electron chi connectivity index (χ2n) is 5.86. The van der Waals surface area contributed by atoms with Crippen molar-refractivity contribution in [2.24, 2.45) is 5.92 Å². The molecule has 5 heteroatoms. The van der Waals surface area contributed by atoms with Gasteiger partial charge in [0.25, 0.3) is 0 Å². The highest BCUT2D eigenvalue weighted by Crippen LogP contribution is 2.21. The second kappa shape index (κ2) is 6.61. The van der Waals surface area contributed by atoms with Crippen LogP contribution in [0.5, 0.6) is 0 Å². The Balaban J connectivity index is 1.97. The minimum Gasteiger partial charge on any atom is -0.481 e. The average Bonchev–Trinajstić information content (AvgIpc) is 2.36. The molecule has 1 unspecified atom stereocenters. The fraction of sp³-hybridized carbons (Fsp3) is 0.500. The summed E-state index contributed by atoms with van der Waals surface area (Å²) < 4.78 is 0. The number of amides is 2. The molecule has 1 saturated heterocycles. The van der Waals surface area contributed by atoms with Crippen LogP contribution in [0.4, 0.5) is 10.5 Å². The van der Waals surface area contributed by atoms with Gasteiger partial charge in [-0.2, -0.15) is 0 Å². The largest absolute Gasteiger partial charge is 0.481 e. The zero-order valence-electron chi connectivity index (χ0n) is 12.6. The molecule has 5 nitrogen and oxygen atoms in total. The molecule has 1 aromatic carbocycles. The first kappa shape index (κ1) is 15.4. The molecule has 114 valence electrons. The first-order valence-electron chi connectivity index (χ1n) is 7.30. The summed E-state index contributed by atoms with van der Waals surface area (Å²) in [7, 11) is 0. The van der Waals surface area contributed by atoms with Crippen LogP contribution in [0.25, 0.3) is 0 Å². The summed E-state index contributed by atoms with van der Waals surface area (Å²) in [4.78, 5) is 24.8. The monoisotopic (exact) mass is 290 g/mol. The molecule has 0 bridgehead atoms. The molecule has 2 rings (SSSR count). The van der Waals surface area contributed by atoms with E-state index in [-0.39, 0.29) is 18.4 Å². The van der Waals surface area contributed by atoms with Crippen molar-refractivity contribution in [3.8, 4) is 0 Å². The number of carboxylic acid groups (broad SMARTS) is 1. The van der Waals surface area contributed by atoms with Crippen LogP contribution in [0.15, 0.2) is 18.2 Å². The van der Waals surface area contributed by atoms with E-state index in [1.54, 1.807) is 4.90 Å². The van der Waals surface area contributed by atoms with Crippen molar-refractivity contribution in [1.29, 1.82) is 0 Å². The van der Waals surface area contributed by atoms with Gasteiger partial charge in [0.15, 0.2) is 0 Å². The number of rotatable bonds is 3. The molecule has 1 aliphatic rings. The maximum absolute atomic E-state index is 12.3. The predicted octanol–water partition coefficient (Wildman–Crippen LogP) is 3.02. The van der Waals surface area contributed by atoms with Crippen molar-refractivity contribution < 1.29 is 14.7 Å². The highest BCUT2D eigenvalue weighted by Gasteiger charge is 2.25. The number of aryl methyl sites for hydroxylation is 2. The summed E-state index contributed by atoms with van der Waals surface area (Å²) in [6.07, 6.45) is 1.87. The summed E-state index contributed by atoms with van der Waals surface area (Å²) in [5, 5.41) is 11.8. The Hall–Kier alpha value is -2.04. The lowest BCUT2D eigenvalue weighted by Crippen LogP contribution is -2.42. The highest BCUT2D eigenvalue weighted by atomic mass is 16.4. The zero-order chi connectivity index (χ0) is 15.4. The molecule has 2 amide bonds. The Morgan fingerprint density at radius 1 is 1.29 bits per heavy atom. The fourth-order valence-corrected chi connectivity index (χ4v) is 2.91. The lowest BCUT2D eigenvalue weighted by atomic mass is 9.95. The van der Waals surface area contributed by atoms with Gasteiger partial charge in [0.05, 0.1) is 0 Å². The number of benzene rings is 1. The van der Waals surface area contributed by atoms with Crippen LogP contribution in [-0.2, 0) is 4.79 Å². The van der Waals surface area contributed by atoms with Gasteiger partial charge in [0.2, 0.25) is 0 Å². The van der Waals surface area contributed by atoms with Crippen molar-refractivity contribution in [3.63, 3.8) is 0 Å². The van der Waals surface area contributed by atoms with Crippen molar-refractivity contribution in [2.45, 2.75) is 33.1 Å². The van der Waals surface area contributed by atoms with Crippen molar-refractivity contribution in [3.05, 3.63) is 29.3 Å². The number of anilines is 1. The van der Waals surface area contributed by atoms with Gasteiger partial charge in [0.1, 0.15) is 0 Å². The van der Waals surface area contributed by atoms with E-state index in [2.05, 4.69) is 11.4 Å². The molecular weight excluding hydrogens is 268 g/mol. The average molecular weight is 290 g/mol. The van der Waals surface area contributed by atoms with Gasteiger partial charge in [-0.3, -0.25) is 4.79 Å². The number of carbonyl (C=O) groups is 2. The highest BCUT2D eigenvalue weighted by molar-refractivity contribution is 5.89. The van der Waals surface area contributed by atoms with E-state index in [9.17, 15) is 9.59 Å². The van der Waals surface area contributed by atoms with E-state index in [1.165, 1.54) is 0 Å². The molecule has 0 saturated carbocycles. The third-order valence-electron chi connectivity index (χ3n) is 3.74. The van der Waals surface area contributed by atoms with Gasteiger partial charge < -0.3 is 15.3 Å². The molecule has 0 aliphatic carbocycles. The summed E-state index contributed by atoms with van der Waals surface area (Å²) in [5.74, 6) is -0.738. The Kier molecular flexibility index (Phi) is 4.83. The van der Waals surface area contributed by atoms with Crippen LogP contribution in [0.1, 0.15) is 30.4 Å². The Labute approximate surface area is 125 Å². The number of aliphatic carboxylic acids is 1. The van der Waals surface area contributed by atoms with E-state index in [1.807, 2.05) is 26.0 Å². The van der Waals surface area contributed by atoms with Gasteiger partial charge in [-0.15, -0.1) is 0 Å². The Morgan fingerprint density at radius 3 is 2.57 bits per heavy atom. The standard InChI is InChI=1S/C16H22N2O3/c1-11-6-12(2)8-14(7-11)17-16(21)18-5-3-4-13(10-18)9-15(19)20/h6-8,13H,3-5,9-10H2,1-2H3,(H,17,21)(H,19,20). The number of carbonyl (C=O) groups excluding carboxylic acids is 1. The lowest BCUT2D eigenvalue weighted by molar-refractivity contribution is -0.138. The van der Waals surface area contributed by atoms with Crippen molar-refractivity contribution in [1.82, 2.24) is 4.90 Å². The number of carboxylic acids is 1. The summed E-state index contributed by atoms with van der Waals surface area (Å²) in [6, 6.07) is 5.78. The summed E-state index contributed by atoms with van der Waals surface area (Å²) in [6.45, 7) is 5.19. The maximum atomic E-state index is 12.3. The molecule has 2 N–H and O–H groups in total. The molecule has 1 atom stereocenters. The molecule has 1 aromatic rings. The van der Waals surface area contributed by atoms with Gasteiger partial charge in [-0.1, -0.05) is 6.07 Å². The number of urea groups is 1. The normalized spacial score (nSPS) is 18.4. The SMILES string of the molecule is Cc1cc(C)cc(NC(=O)N2CCCC(CC(=O)O)C2)c1. The smallest absolute Gasteiger partial charge is 0.321 e. The maximum Gasteiger partial charge on any atom is 0.321 e. The lowest BCUT2D eigenvalue weighted by Gasteiger charge is -2.32. The van der Waals surface area contributed by atoms with Gasteiger partial charge >= 0.3 is 12.0 Å². The molecule has 1 fully saturated rings. The van der Waals surface area contributed by atoms with Crippen LogP contribution >= 0.6 is 0 Å². The molecule has 1 heterocycles. The number of nitrogens with zero attached hydrogens (tertiary/aromatic N) is 1. The second-order valence-corrected chi connectivity index (χ2v) is 5.86. The number of likely N-dealkylation sites (tertiary alicyclic amines) is 1. The number of piperidine rings is 1. The summed E-state index contributed by atoms with van der Waals surface area (Å²) in [5.41, 5.74) is 3.00. The first-order valence-corrected chi connectivity index (χ1v) is 7.30. The van der Waals surface area contributed by atoms with Gasteiger partial charge in [-0.25, -0.2) is 4.79 Å². The van der Waals surface area contributed by atoms with E-state index >= 15 is 0 Å². The quantitative estimate of drug-likeness (QED) is 0.899. The topological polar surface area (TPSA) is 69.6 Å². The fourth-order valence-electron chi connectivity index (χ4n) is 2.91. The van der Waals surface area contributed by atoms with E-state index in [0.29, 0.717) is 13.1 Å². The van der Waals surface area contributed by atoms with Crippen LogP contribution in [0.3, 0.4) is 0 Å². The van der Waals surface area contributed by atoms with E-state index in [4.69, 9.17) is 5.11 Å². The van der Waals surface area contributed by atoms with Crippen molar-refractivity contribution >= 4 is 17.7 Å². The molecule has 0 radical (unpaired) electrons. The van der Waals surface area contributed by atoms with Crippen LogP contribution in [-0.4, -0.2) is 35.1 Å². The van der Waals surface area contributed by atoms with Crippen LogP contribution in [0, 0.1) is 19.8 Å². The van der Waals surface area contributed by atoms with Crippen molar-refractivity contribution in [2.75, 3.05) is 18.4 Å². The van der Waals surface area contributed by atoms with E-state index < -0.39 is 5.97 Å². The third-order valence-corrected chi connectivity index (χ3v) is 3.74. The Morgan fingerprint density at radius 2 is 1.95 bits per heavy atom. The molecule has 1 aliphatic heterocycles. The van der Waals surface area contributed by atoms with Crippen LogP contribution in [0.2, 0.25) is 0 Å². The van der Waals surface area contributed by atoms with Gasteiger partial charge in [-0.05, 0) is 55.9 Å². The number of nitrogens with one attached hydrogen (secondary N) is 1. The van der Waals surface area contributed by atoms with Gasteiger partial charge in [0, 0.05) is 25.2 Å². The minimum atomic E-state index is -0.795.